The number of para-hydroxylation sites is 1. The molecule has 1 aromatic carbocycles. The van der Waals surface area contributed by atoms with Crippen LogP contribution in [0.4, 0.5) is 10.2 Å². The fraction of sp³-hybridized carbons (Fsp3) is 0.345. The number of hydrogen-bond acceptors (Lipinski definition) is 11. The van der Waals surface area contributed by atoms with Gasteiger partial charge < -0.3 is 18.9 Å². The lowest BCUT2D eigenvalue weighted by Gasteiger charge is -2.35. The van der Waals surface area contributed by atoms with Crippen molar-refractivity contribution in [1.29, 1.82) is 0 Å². The number of amides is 1. The molecule has 1 amide bonds. The SMILES string of the molecule is CC(C)(C)OP(C)(=O)OCn1cc(C(=O)C(=O)N2CCN(c3ncnc4ccccc34)CC2)c2c(F)cnc(-n3ccnn3)c21. The van der Waals surface area contributed by atoms with Gasteiger partial charge in [-0.25, -0.2) is 24.0 Å². The molecule has 1 unspecified atom stereocenters. The molecule has 6 rings (SSSR count). The van der Waals surface area contributed by atoms with Crippen molar-refractivity contribution in [2.75, 3.05) is 37.7 Å². The van der Waals surface area contributed by atoms with Crippen molar-refractivity contribution in [3.8, 4) is 5.82 Å². The van der Waals surface area contributed by atoms with Crippen molar-refractivity contribution in [1.82, 2.24) is 39.4 Å². The number of rotatable bonds is 8. The highest BCUT2D eigenvalue weighted by atomic mass is 31.2. The van der Waals surface area contributed by atoms with Crippen LogP contribution in [0.3, 0.4) is 0 Å². The van der Waals surface area contributed by atoms with Crippen LogP contribution in [0.1, 0.15) is 31.1 Å². The quantitative estimate of drug-likeness (QED) is 0.139. The summed E-state index contributed by atoms with van der Waals surface area (Å²) in [6, 6.07) is 7.66. The number of ketones is 1. The van der Waals surface area contributed by atoms with Crippen LogP contribution in [0.15, 0.2) is 55.4 Å². The lowest BCUT2D eigenvalue weighted by Crippen LogP contribution is -2.51. The number of anilines is 1. The summed E-state index contributed by atoms with van der Waals surface area (Å²) in [6.07, 6.45) is 6.66. The van der Waals surface area contributed by atoms with E-state index in [0.29, 0.717) is 13.1 Å². The second-order valence-electron chi connectivity index (χ2n) is 11.6. The zero-order valence-electron chi connectivity index (χ0n) is 25.1. The number of halogens is 1. The first-order valence-electron chi connectivity index (χ1n) is 14.2. The third kappa shape index (κ3) is 6.19. The topological polar surface area (TPSA) is 150 Å². The Morgan fingerprint density at radius 3 is 2.51 bits per heavy atom. The molecule has 0 N–H and O–H groups in total. The van der Waals surface area contributed by atoms with Crippen LogP contribution in [0, 0.1) is 5.82 Å². The summed E-state index contributed by atoms with van der Waals surface area (Å²) in [5.74, 6) is -1.62. The Morgan fingerprint density at radius 1 is 1.04 bits per heavy atom. The van der Waals surface area contributed by atoms with Crippen molar-refractivity contribution >= 4 is 46.9 Å². The Kier molecular flexibility index (Phi) is 7.93. The van der Waals surface area contributed by atoms with E-state index in [4.69, 9.17) is 9.05 Å². The molecule has 4 aromatic heterocycles. The molecule has 1 atom stereocenters. The number of Topliss-reactive ketones (excluding diaryl/α,β-unsaturated/α-hetero) is 1. The first kappa shape index (κ1) is 30.4. The summed E-state index contributed by atoms with van der Waals surface area (Å²) in [5.41, 5.74) is -0.0388. The van der Waals surface area contributed by atoms with Crippen LogP contribution in [-0.4, -0.2) is 89.5 Å². The van der Waals surface area contributed by atoms with Gasteiger partial charge in [-0.2, -0.15) is 0 Å². The molecule has 1 aliphatic rings. The average molecular weight is 636 g/mol. The van der Waals surface area contributed by atoms with Gasteiger partial charge in [-0.05, 0) is 32.9 Å². The molecule has 0 saturated carbocycles. The molecule has 0 bridgehead atoms. The molecule has 1 saturated heterocycles. The molecule has 0 aliphatic carbocycles. The summed E-state index contributed by atoms with van der Waals surface area (Å²) < 4.78 is 42.4. The number of carbonyl (C=O) groups is 2. The van der Waals surface area contributed by atoms with Gasteiger partial charge >= 0.3 is 7.60 Å². The minimum Gasteiger partial charge on any atom is -0.352 e. The molecule has 45 heavy (non-hydrogen) atoms. The number of benzene rings is 1. The van der Waals surface area contributed by atoms with E-state index in [2.05, 4.69) is 25.3 Å². The van der Waals surface area contributed by atoms with Gasteiger partial charge in [0.2, 0.25) is 0 Å². The van der Waals surface area contributed by atoms with E-state index in [9.17, 15) is 14.2 Å². The van der Waals surface area contributed by atoms with Gasteiger partial charge in [-0.1, -0.05) is 17.3 Å². The molecule has 14 nitrogen and oxygen atoms in total. The first-order chi connectivity index (χ1) is 21.4. The van der Waals surface area contributed by atoms with Gasteiger partial charge in [0.1, 0.15) is 18.9 Å². The Morgan fingerprint density at radius 2 is 1.80 bits per heavy atom. The van der Waals surface area contributed by atoms with Gasteiger partial charge in [0.05, 0.1) is 46.2 Å². The van der Waals surface area contributed by atoms with Gasteiger partial charge in [0.15, 0.2) is 11.6 Å². The normalized spacial score (nSPS) is 15.5. The maximum Gasteiger partial charge on any atom is 0.329 e. The van der Waals surface area contributed by atoms with Crippen molar-refractivity contribution in [3.63, 3.8) is 0 Å². The van der Waals surface area contributed by atoms with Crippen LogP contribution in [-0.2, 0) is 25.1 Å². The largest absolute Gasteiger partial charge is 0.352 e. The average Bonchev–Trinajstić information content (AvgIpc) is 3.68. The Labute approximate surface area is 257 Å². The van der Waals surface area contributed by atoms with E-state index >= 15 is 4.39 Å². The Hall–Kier alpha value is -4.59. The lowest BCUT2D eigenvalue weighted by atomic mass is 10.1. The van der Waals surface area contributed by atoms with Crippen molar-refractivity contribution in [2.24, 2.45) is 0 Å². The molecule has 0 radical (unpaired) electrons. The van der Waals surface area contributed by atoms with Crippen LogP contribution < -0.4 is 4.90 Å². The standard InChI is InChI=1S/C29H31FN9O5P/c1-29(2,3)44-45(4,42)43-18-38-16-20(23-21(30)15-31-27(24(23)38)39-10-9-34-35-39)25(40)28(41)37-13-11-36(12-14-37)26-19-7-5-6-8-22(19)32-17-33-26/h5-10,15-17H,11-14,18H2,1-4H3. The zero-order chi connectivity index (χ0) is 31.9. The molecular weight excluding hydrogens is 604 g/mol. The van der Waals surface area contributed by atoms with E-state index in [1.807, 2.05) is 29.2 Å². The number of hydrogen-bond donors (Lipinski definition) is 0. The second kappa shape index (κ2) is 11.7. The zero-order valence-corrected chi connectivity index (χ0v) is 26.0. The molecule has 16 heteroatoms. The fourth-order valence-electron chi connectivity index (χ4n) is 5.36. The van der Waals surface area contributed by atoms with Crippen molar-refractivity contribution in [2.45, 2.75) is 33.1 Å². The maximum atomic E-state index is 15.5. The molecule has 5 heterocycles. The highest BCUT2D eigenvalue weighted by Gasteiger charge is 2.33. The van der Waals surface area contributed by atoms with Crippen LogP contribution >= 0.6 is 7.60 Å². The number of pyridine rings is 1. The summed E-state index contributed by atoms with van der Waals surface area (Å²) in [7, 11) is -3.59. The lowest BCUT2D eigenvalue weighted by molar-refractivity contribution is -0.126. The predicted octanol–water partition coefficient (Wildman–Crippen LogP) is 3.84. The number of fused-ring (bicyclic) bond motifs is 2. The maximum absolute atomic E-state index is 15.5. The highest BCUT2D eigenvalue weighted by molar-refractivity contribution is 7.53. The van der Waals surface area contributed by atoms with Gasteiger partial charge in [0, 0.05) is 44.4 Å². The van der Waals surface area contributed by atoms with Gasteiger partial charge in [0.25, 0.3) is 11.7 Å². The third-order valence-electron chi connectivity index (χ3n) is 7.17. The number of carbonyl (C=O) groups excluding carboxylic acids is 2. The molecule has 234 valence electrons. The van der Waals surface area contributed by atoms with E-state index in [-0.39, 0.29) is 42.1 Å². The van der Waals surface area contributed by atoms with E-state index in [1.54, 1.807) is 20.8 Å². The molecule has 1 fully saturated rings. The third-order valence-corrected chi connectivity index (χ3v) is 8.63. The molecular formula is C29H31FN9O5P. The smallest absolute Gasteiger partial charge is 0.329 e. The highest BCUT2D eigenvalue weighted by Crippen LogP contribution is 2.48. The summed E-state index contributed by atoms with van der Waals surface area (Å²) in [5, 5.41) is 8.49. The molecule has 1 aliphatic heterocycles. The van der Waals surface area contributed by atoms with Gasteiger partial charge in [-0.3, -0.25) is 18.7 Å². The van der Waals surface area contributed by atoms with Crippen LogP contribution in [0.5, 0.6) is 0 Å². The molecule has 5 aromatic rings. The minimum absolute atomic E-state index is 0.105. The first-order valence-corrected chi connectivity index (χ1v) is 16.2. The minimum atomic E-state index is -3.59. The van der Waals surface area contributed by atoms with Gasteiger partial charge in [-0.15, -0.1) is 5.10 Å². The number of nitrogens with zero attached hydrogens (tertiary/aromatic N) is 9. The van der Waals surface area contributed by atoms with Crippen molar-refractivity contribution < 1.29 is 27.6 Å². The predicted molar refractivity (Wildman–Crippen MR) is 163 cm³/mol. The van der Waals surface area contributed by atoms with Crippen molar-refractivity contribution in [3.05, 3.63) is 66.8 Å². The van der Waals surface area contributed by atoms with E-state index < -0.39 is 30.7 Å². The fourth-order valence-corrected chi connectivity index (χ4v) is 6.74. The summed E-state index contributed by atoms with van der Waals surface area (Å²) >= 11 is 0. The number of aromatic nitrogens is 7. The van der Waals surface area contributed by atoms with E-state index in [1.165, 1.54) is 45.7 Å². The Bertz CT molecular complexity index is 1940. The van der Waals surface area contributed by atoms with Crippen LogP contribution in [0.25, 0.3) is 27.6 Å². The summed E-state index contributed by atoms with van der Waals surface area (Å²) in [6.45, 7) is 7.51. The van der Waals surface area contributed by atoms with E-state index in [0.717, 1.165) is 22.9 Å². The molecule has 0 spiro atoms. The monoisotopic (exact) mass is 635 g/mol. The van der Waals surface area contributed by atoms with Crippen LogP contribution in [0.2, 0.25) is 0 Å². The number of piperazine rings is 1. The Balaban J connectivity index is 1.29. The summed E-state index contributed by atoms with van der Waals surface area (Å²) in [4.78, 5) is 43.7. The second-order valence-corrected chi connectivity index (χ2v) is 13.6.